The van der Waals surface area contributed by atoms with Crippen molar-refractivity contribution in [2.24, 2.45) is 5.92 Å². The Kier molecular flexibility index (Phi) is 6.99. The maximum absolute atomic E-state index is 13.4. The molecule has 0 aliphatic rings. The van der Waals surface area contributed by atoms with E-state index in [0.29, 0.717) is 0 Å². The highest BCUT2D eigenvalue weighted by atomic mass is 127. The Labute approximate surface area is 135 Å². The van der Waals surface area contributed by atoms with Gasteiger partial charge >= 0.3 is 18.5 Å². The zero-order chi connectivity index (χ0) is 18.9. The van der Waals surface area contributed by atoms with E-state index < -0.39 is 59.7 Å². The molecule has 0 radical (unpaired) electrons. The molecule has 0 aromatic heterocycles. The van der Waals surface area contributed by atoms with Gasteiger partial charge in [0.1, 0.15) is 0 Å². The second-order valence-corrected chi connectivity index (χ2v) is 5.82. The molecule has 13 heteroatoms. The Hall–Kier alpha value is -0.110. The lowest BCUT2D eigenvalue weighted by Gasteiger charge is -2.34. The minimum Gasteiger partial charge on any atom is -0.224 e. The van der Waals surface area contributed by atoms with Gasteiger partial charge in [0.2, 0.25) is 5.92 Å². The molecule has 0 saturated heterocycles. The van der Waals surface area contributed by atoms with Crippen LogP contribution in [0.15, 0.2) is 0 Å². The first-order valence-corrected chi connectivity index (χ1v) is 7.23. The van der Waals surface area contributed by atoms with Gasteiger partial charge in [0.15, 0.2) is 0 Å². The average molecular weight is 484 g/mol. The second kappa shape index (κ2) is 7.02. The smallest absolute Gasteiger partial charge is 0.224 e. The summed E-state index contributed by atoms with van der Waals surface area (Å²) in [4.78, 5) is 0. The number of alkyl halides is 13. The fourth-order valence-corrected chi connectivity index (χ4v) is 2.43. The lowest BCUT2D eigenvalue weighted by atomic mass is 9.86. The number of hydrogen-bond donors (Lipinski definition) is 0. The van der Waals surface area contributed by atoms with Gasteiger partial charge in [-0.2, -0.15) is 39.5 Å². The third kappa shape index (κ3) is 6.03. The van der Waals surface area contributed by atoms with Crippen LogP contribution in [0.3, 0.4) is 0 Å². The van der Waals surface area contributed by atoms with Crippen molar-refractivity contribution < 1.29 is 52.7 Å². The van der Waals surface area contributed by atoms with Crippen molar-refractivity contribution in [3.63, 3.8) is 0 Å². The molecule has 0 aliphatic heterocycles. The van der Waals surface area contributed by atoms with Gasteiger partial charge in [-0.1, -0.05) is 22.6 Å². The van der Waals surface area contributed by atoms with Crippen LogP contribution < -0.4 is 0 Å². The van der Waals surface area contributed by atoms with Crippen LogP contribution in [-0.4, -0.2) is 34.5 Å². The highest BCUT2D eigenvalue weighted by Crippen LogP contribution is 2.53. The highest BCUT2D eigenvalue weighted by molar-refractivity contribution is 14.1. The fraction of sp³-hybridized carbons (Fsp3) is 1.00. The molecule has 0 rings (SSSR count). The van der Waals surface area contributed by atoms with Crippen LogP contribution in [0.25, 0.3) is 0 Å². The topological polar surface area (TPSA) is 0 Å². The lowest BCUT2D eigenvalue weighted by molar-refractivity contribution is -0.353. The molecular formula is C10H9F12I. The summed E-state index contributed by atoms with van der Waals surface area (Å²) in [7, 11) is 0. The van der Waals surface area contributed by atoms with E-state index in [4.69, 9.17) is 0 Å². The van der Waals surface area contributed by atoms with Crippen molar-refractivity contribution >= 4 is 22.6 Å². The predicted molar refractivity (Wildman–Crippen MR) is 63.2 cm³/mol. The average Bonchev–Trinajstić information content (AvgIpc) is 2.22. The maximum Gasteiger partial charge on any atom is 0.431 e. The van der Waals surface area contributed by atoms with Crippen LogP contribution in [-0.2, 0) is 0 Å². The van der Waals surface area contributed by atoms with E-state index in [1.807, 2.05) is 0 Å². The van der Waals surface area contributed by atoms with Gasteiger partial charge in [0, 0.05) is 23.7 Å². The van der Waals surface area contributed by atoms with E-state index in [9.17, 15) is 52.7 Å². The van der Waals surface area contributed by atoms with E-state index in [-0.39, 0.29) is 0 Å². The van der Waals surface area contributed by atoms with Gasteiger partial charge in [-0.15, -0.1) is 0 Å². The largest absolute Gasteiger partial charge is 0.431 e. The Balaban J connectivity index is 5.69. The first-order chi connectivity index (χ1) is 9.87. The van der Waals surface area contributed by atoms with Gasteiger partial charge in [-0.25, -0.2) is 13.2 Å². The molecule has 0 spiro atoms. The van der Waals surface area contributed by atoms with Crippen molar-refractivity contribution in [3.8, 4) is 0 Å². The second-order valence-electron chi connectivity index (χ2n) is 4.74. The zero-order valence-corrected chi connectivity index (χ0v) is 13.0. The Morgan fingerprint density at radius 1 is 0.652 bits per heavy atom. The third-order valence-electron chi connectivity index (χ3n) is 2.89. The number of hydrogen-bond acceptors (Lipinski definition) is 0. The summed E-state index contributed by atoms with van der Waals surface area (Å²) in [5, 5.41) is 0. The van der Waals surface area contributed by atoms with E-state index in [1.165, 1.54) is 22.6 Å². The molecular weight excluding hydrogens is 475 g/mol. The summed E-state index contributed by atoms with van der Waals surface area (Å²) in [6, 6.07) is 0. The standard InChI is InChI=1S/C10H9F12I/c11-6(12,1-2-23)3-5(8(14,15)16)4-7(13,9(17,18)19)10(20,21)22/h5H,1-4H2. The molecule has 0 aliphatic carbocycles. The molecule has 0 fully saturated rings. The number of rotatable bonds is 6. The minimum atomic E-state index is -6.73. The minimum absolute atomic E-state index is 0.394. The SMILES string of the molecule is FC(F)(CCI)CC(CC(F)(C(F)(F)F)C(F)(F)F)C(F)(F)F. The van der Waals surface area contributed by atoms with Gasteiger partial charge < -0.3 is 0 Å². The quantitative estimate of drug-likeness (QED) is 0.238. The normalized spacial score (nSPS) is 16.6. The summed E-state index contributed by atoms with van der Waals surface area (Å²) < 4.78 is 151. The predicted octanol–water partition coefficient (Wildman–Crippen LogP) is 6.24. The van der Waals surface area contributed by atoms with Crippen molar-refractivity contribution in [2.75, 3.05) is 4.43 Å². The summed E-state index contributed by atoms with van der Waals surface area (Å²) in [5.41, 5.74) is -6.24. The van der Waals surface area contributed by atoms with Crippen LogP contribution in [0.1, 0.15) is 19.3 Å². The Bertz CT molecular complexity index is 365. The summed E-state index contributed by atoms with van der Waals surface area (Å²) in [5.74, 6) is -7.99. The monoisotopic (exact) mass is 484 g/mol. The molecule has 1 atom stereocenters. The van der Waals surface area contributed by atoms with Crippen LogP contribution in [0.4, 0.5) is 52.7 Å². The fourth-order valence-electron chi connectivity index (χ4n) is 1.64. The molecule has 140 valence electrons. The van der Waals surface area contributed by atoms with Gasteiger partial charge in [0.05, 0.1) is 5.92 Å². The number of halogens is 13. The molecule has 0 saturated carbocycles. The summed E-state index contributed by atoms with van der Waals surface area (Å²) >= 11 is 1.34. The lowest BCUT2D eigenvalue weighted by Crippen LogP contribution is -2.55. The summed E-state index contributed by atoms with van der Waals surface area (Å²) in [6.45, 7) is 0. The van der Waals surface area contributed by atoms with Crippen LogP contribution in [0.5, 0.6) is 0 Å². The van der Waals surface area contributed by atoms with Crippen molar-refractivity contribution in [2.45, 2.75) is 49.4 Å². The van der Waals surface area contributed by atoms with Crippen LogP contribution >= 0.6 is 22.6 Å². The molecule has 23 heavy (non-hydrogen) atoms. The maximum atomic E-state index is 13.4. The van der Waals surface area contributed by atoms with Crippen LogP contribution in [0.2, 0.25) is 0 Å². The molecule has 0 N–H and O–H groups in total. The van der Waals surface area contributed by atoms with Crippen molar-refractivity contribution in [1.82, 2.24) is 0 Å². The third-order valence-corrected chi connectivity index (χ3v) is 3.43. The van der Waals surface area contributed by atoms with Crippen molar-refractivity contribution in [1.29, 1.82) is 0 Å². The van der Waals surface area contributed by atoms with Crippen LogP contribution in [0, 0.1) is 5.92 Å². The van der Waals surface area contributed by atoms with Gasteiger partial charge in [-0.3, -0.25) is 0 Å². The highest BCUT2D eigenvalue weighted by Gasteiger charge is 2.74. The van der Waals surface area contributed by atoms with Crippen molar-refractivity contribution in [3.05, 3.63) is 0 Å². The van der Waals surface area contributed by atoms with E-state index in [0.717, 1.165) is 0 Å². The molecule has 0 heterocycles. The zero-order valence-electron chi connectivity index (χ0n) is 10.8. The molecule has 0 amide bonds. The van der Waals surface area contributed by atoms with Gasteiger partial charge in [-0.05, 0) is 0 Å². The van der Waals surface area contributed by atoms with E-state index in [2.05, 4.69) is 0 Å². The van der Waals surface area contributed by atoms with Gasteiger partial charge in [0.25, 0.3) is 5.67 Å². The van der Waals surface area contributed by atoms with E-state index in [1.54, 1.807) is 0 Å². The Morgan fingerprint density at radius 2 is 1.04 bits per heavy atom. The first kappa shape index (κ1) is 22.9. The van der Waals surface area contributed by atoms with E-state index >= 15 is 0 Å². The first-order valence-electron chi connectivity index (χ1n) is 5.70. The Morgan fingerprint density at radius 3 is 1.30 bits per heavy atom. The molecule has 0 nitrogen and oxygen atoms in total. The molecule has 1 unspecified atom stereocenters. The summed E-state index contributed by atoms with van der Waals surface area (Å²) in [6.07, 6.45) is -26.1. The molecule has 0 aromatic rings. The molecule has 0 bridgehead atoms. The molecule has 0 aromatic carbocycles.